The van der Waals surface area contributed by atoms with Gasteiger partial charge in [0.15, 0.2) is 0 Å². The van der Waals surface area contributed by atoms with E-state index in [1.165, 1.54) is 34.7 Å². The molecule has 42 heavy (non-hydrogen) atoms. The lowest BCUT2D eigenvalue weighted by molar-refractivity contribution is -0.117. The highest BCUT2D eigenvalue weighted by Crippen LogP contribution is 2.25. The Kier molecular flexibility index (Phi) is 9.41. The Morgan fingerprint density at radius 2 is 1.67 bits per heavy atom. The standard InChI is InChI=1S/C33H36FN5O3/c1-24(2)25-10-14-29(15-11-25)39-22-30(26-6-4-3-5-7-26)35-33(39)36-31(40)23-38(17-16-37-18-20-42-21-19-37)32(41)27-8-12-28(34)13-9-27/h3-15,22,24H,16-21,23H2,1-2H3,(H,35,36,40). The van der Waals surface area contributed by atoms with E-state index in [0.29, 0.717) is 49.4 Å². The molecule has 4 aromatic rings. The molecule has 1 saturated heterocycles. The molecule has 218 valence electrons. The summed E-state index contributed by atoms with van der Waals surface area (Å²) < 4.78 is 20.8. The minimum absolute atomic E-state index is 0.180. The molecule has 3 aromatic carbocycles. The van der Waals surface area contributed by atoms with Crippen molar-refractivity contribution in [2.24, 2.45) is 0 Å². The first-order valence-electron chi connectivity index (χ1n) is 14.3. The topological polar surface area (TPSA) is 79.7 Å². The van der Waals surface area contributed by atoms with Crippen LogP contribution in [0.3, 0.4) is 0 Å². The van der Waals surface area contributed by atoms with Gasteiger partial charge in [-0.05, 0) is 47.9 Å². The minimum atomic E-state index is -0.424. The molecule has 0 radical (unpaired) electrons. The number of halogens is 1. The third kappa shape index (κ3) is 7.29. The number of anilines is 1. The molecule has 0 unspecified atom stereocenters. The van der Waals surface area contributed by atoms with Crippen molar-refractivity contribution in [2.45, 2.75) is 19.8 Å². The van der Waals surface area contributed by atoms with Gasteiger partial charge in [0.25, 0.3) is 5.91 Å². The van der Waals surface area contributed by atoms with Crippen LogP contribution >= 0.6 is 0 Å². The average molecular weight is 570 g/mol. The van der Waals surface area contributed by atoms with Crippen molar-refractivity contribution in [2.75, 3.05) is 51.3 Å². The normalized spacial score (nSPS) is 13.7. The average Bonchev–Trinajstić information content (AvgIpc) is 3.43. The summed E-state index contributed by atoms with van der Waals surface area (Å²) in [6.07, 6.45) is 1.90. The summed E-state index contributed by atoms with van der Waals surface area (Å²) in [7, 11) is 0. The Bertz CT molecular complexity index is 1480. The van der Waals surface area contributed by atoms with Crippen LogP contribution in [0.25, 0.3) is 16.9 Å². The van der Waals surface area contributed by atoms with Gasteiger partial charge in [0, 0.05) is 49.2 Å². The molecule has 2 amide bonds. The maximum atomic E-state index is 13.5. The van der Waals surface area contributed by atoms with Crippen LogP contribution in [0.15, 0.2) is 85.1 Å². The van der Waals surface area contributed by atoms with E-state index in [2.05, 4.69) is 36.2 Å². The Hall–Kier alpha value is -4.34. The van der Waals surface area contributed by atoms with Crippen LogP contribution in [0.4, 0.5) is 10.3 Å². The third-order valence-electron chi connectivity index (χ3n) is 7.37. The number of hydrogen-bond donors (Lipinski definition) is 1. The zero-order chi connectivity index (χ0) is 29.5. The second-order valence-corrected chi connectivity index (χ2v) is 10.7. The summed E-state index contributed by atoms with van der Waals surface area (Å²) >= 11 is 0. The fourth-order valence-electron chi connectivity index (χ4n) is 4.89. The van der Waals surface area contributed by atoms with Crippen molar-refractivity contribution < 1.29 is 18.7 Å². The number of hydrogen-bond acceptors (Lipinski definition) is 5. The van der Waals surface area contributed by atoms with Crippen molar-refractivity contribution in [1.29, 1.82) is 0 Å². The van der Waals surface area contributed by atoms with Crippen LogP contribution in [0.5, 0.6) is 0 Å². The molecule has 1 aliphatic rings. The Labute approximate surface area is 245 Å². The quantitative estimate of drug-likeness (QED) is 0.284. The van der Waals surface area contributed by atoms with E-state index in [9.17, 15) is 14.0 Å². The SMILES string of the molecule is CC(C)c1ccc(-n2cc(-c3ccccc3)nc2NC(=O)CN(CCN2CCOCC2)C(=O)c2ccc(F)cc2)cc1. The molecule has 2 heterocycles. The molecule has 0 bridgehead atoms. The zero-order valence-corrected chi connectivity index (χ0v) is 24.0. The lowest BCUT2D eigenvalue weighted by atomic mass is 10.0. The second-order valence-electron chi connectivity index (χ2n) is 10.7. The van der Waals surface area contributed by atoms with Gasteiger partial charge < -0.3 is 9.64 Å². The summed E-state index contributed by atoms with van der Waals surface area (Å²) in [5.74, 6) is -0.387. The number of ether oxygens (including phenoxy) is 1. The molecule has 5 rings (SSSR count). The van der Waals surface area contributed by atoms with Gasteiger partial charge in [-0.3, -0.25) is 24.4 Å². The van der Waals surface area contributed by atoms with Crippen molar-refractivity contribution in [3.8, 4) is 16.9 Å². The van der Waals surface area contributed by atoms with Gasteiger partial charge >= 0.3 is 0 Å². The van der Waals surface area contributed by atoms with Crippen LogP contribution in [0, 0.1) is 5.82 Å². The highest BCUT2D eigenvalue weighted by atomic mass is 19.1. The monoisotopic (exact) mass is 569 g/mol. The Morgan fingerprint density at radius 3 is 2.33 bits per heavy atom. The molecule has 0 spiro atoms. The lowest BCUT2D eigenvalue weighted by Crippen LogP contribution is -2.45. The predicted molar refractivity (Wildman–Crippen MR) is 161 cm³/mol. The van der Waals surface area contributed by atoms with Gasteiger partial charge in [0.05, 0.1) is 18.9 Å². The van der Waals surface area contributed by atoms with Gasteiger partial charge in [0.1, 0.15) is 12.4 Å². The second kappa shape index (κ2) is 13.5. The van der Waals surface area contributed by atoms with Crippen LogP contribution < -0.4 is 5.32 Å². The van der Waals surface area contributed by atoms with E-state index >= 15 is 0 Å². The number of rotatable bonds is 10. The van der Waals surface area contributed by atoms with Crippen LogP contribution in [-0.4, -0.2) is 77.1 Å². The predicted octanol–water partition coefficient (Wildman–Crippen LogP) is 5.21. The number of aromatic nitrogens is 2. The molecule has 0 saturated carbocycles. The number of morpholine rings is 1. The number of amides is 2. The summed E-state index contributed by atoms with van der Waals surface area (Å²) in [6, 6.07) is 23.3. The van der Waals surface area contributed by atoms with Gasteiger partial charge in [-0.2, -0.15) is 0 Å². The molecule has 0 atom stereocenters. The van der Waals surface area contributed by atoms with Crippen molar-refractivity contribution >= 4 is 17.8 Å². The molecule has 1 aliphatic heterocycles. The zero-order valence-electron chi connectivity index (χ0n) is 24.0. The highest BCUT2D eigenvalue weighted by molar-refractivity contribution is 5.99. The summed E-state index contributed by atoms with van der Waals surface area (Å²) in [4.78, 5) is 35.4. The summed E-state index contributed by atoms with van der Waals surface area (Å²) in [6.45, 7) is 7.84. The van der Waals surface area contributed by atoms with Crippen molar-refractivity contribution in [1.82, 2.24) is 19.4 Å². The van der Waals surface area contributed by atoms with E-state index in [-0.39, 0.29) is 18.4 Å². The van der Waals surface area contributed by atoms with Crippen molar-refractivity contribution in [3.05, 3.63) is 102 Å². The maximum Gasteiger partial charge on any atom is 0.254 e. The lowest BCUT2D eigenvalue weighted by Gasteiger charge is -2.30. The molecule has 9 heteroatoms. The van der Waals surface area contributed by atoms with E-state index in [1.54, 1.807) is 0 Å². The van der Waals surface area contributed by atoms with Crippen molar-refractivity contribution in [3.63, 3.8) is 0 Å². The third-order valence-corrected chi connectivity index (χ3v) is 7.37. The van der Waals surface area contributed by atoms with Crippen LogP contribution in [0.1, 0.15) is 35.7 Å². The smallest absolute Gasteiger partial charge is 0.254 e. The first-order valence-corrected chi connectivity index (χ1v) is 14.3. The van der Waals surface area contributed by atoms with E-state index in [4.69, 9.17) is 9.72 Å². The molecule has 0 aliphatic carbocycles. The maximum absolute atomic E-state index is 13.5. The van der Waals surface area contributed by atoms with Gasteiger partial charge in [-0.1, -0.05) is 56.3 Å². The van der Waals surface area contributed by atoms with E-state index in [1.807, 2.05) is 53.2 Å². The molecule has 1 aromatic heterocycles. The van der Waals surface area contributed by atoms with Gasteiger partial charge in [-0.25, -0.2) is 9.37 Å². The molecular formula is C33H36FN5O3. The van der Waals surface area contributed by atoms with Crippen LogP contribution in [-0.2, 0) is 9.53 Å². The number of nitrogens with zero attached hydrogens (tertiary/aromatic N) is 4. The number of nitrogens with one attached hydrogen (secondary N) is 1. The number of benzene rings is 3. The Balaban J connectivity index is 1.39. The highest BCUT2D eigenvalue weighted by Gasteiger charge is 2.22. The number of carbonyl (C=O) groups excluding carboxylic acids is 2. The first-order chi connectivity index (χ1) is 20.4. The fraction of sp³-hybridized carbons (Fsp3) is 0.303. The van der Waals surface area contributed by atoms with Gasteiger partial charge in [0.2, 0.25) is 11.9 Å². The van der Waals surface area contributed by atoms with Crippen LogP contribution in [0.2, 0.25) is 0 Å². The number of carbonyl (C=O) groups is 2. The number of imidazole rings is 1. The Morgan fingerprint density at radius 1 is 0.976 bits per heavy atom. The molecule has 1 N–H and O–H groups in total. The molecular weight excluding hydrogens is 533 g/mol. The minimum Gasteiger partial charge on any atom is -0.379 e. The largest absolute Gasteiger partial charge is 0.379 e. The fourth-order valence-corrected chi connectivity index (χ4v) is 4.89. The van der Waals surface area contributed by atoms with Gasteiger partial charge in [-0.15, -0.1) is 0 Å². The molecule has 1 fully saturated rings. The first kappa shape index (κ1) is 29.2. The molecule has 8 nitrogen and oxygen atoms in total. The summed E-state index contributed by atoms with van der Waals surface area (Å²) in [5, 5.41) is 2.95. The summed E-state index contributed by atoms with van der Waals surface area (Å²) in [5.41, 5.74) is 4.03. The van der Waals surface area contributed by atoms with E-state index in [0.717, 1.165) is 24.3 Å². The van der Waals surface area contributed by atoms with E-state index < -0.39 is 5.82 Å².